The van der Waals surface area contributed by atoms with Crippen LogP contribution >= 0.6 is 12.2 Å². The Kier molecular flexibility index (Phi) is 14.3. The molecule has 388 valence electrons. The van der Waals surface area contributed by atoms with Gasteiger partial charge in [0.25, 0.3) is 11.8 Å². The number of carbonyl (C=O) groups excluding carboxylic acids is 4. The molecule has 6 heterocycles. The van der Waals surface area contributed by atoms with Gasteiger partial charge >= 0.3 is 5.69 Å². The van der Waals surface area contributed by atoms with E-state index in [0.717, 1.165) is 46.0 Å². The van der Waals surface area contributed by atoms with Crippen LogP contribution in [-0.2, 0) is 21.4 Å². The standard InChI is InChI=1S/C56H62F3N9O5S/c1-33-8-12-39(62-48-30-60-32-56(48,58)59)28-44(33)51(70)61-34(2)41-14-11-36(42-6-4-5-7-43(41)42)9-10-37-20-27-67(54(74)50(37)57)31-35-18-23-66(24-19-35)53(72)38-21-25-65(26-22-38)40-13-15-45-47(29-40)64(3)55(73)68(45)46-16-17-49(69)63-52(46)71/h4-8,11-15,28-29,34-35,37-38,46,48,50,60,62H,16-27,30-32H2,1-3H3,(H,61,70)(H,63,69,71)/t34-,37-,46?,48-,50-/m1/s1. The molecule has 0 radical (unpaired) electrons. The molecular weight excluding hydrogens is 968 g/mol. The monoisotopic (exact) mass is 1030 g/mol. The number of thiocarbonyl (C=S) groups is 1. The van der Waals surface area contributed by atoms with Gasteiger partial charge in [-0.15, -0.1) is 0 Å². The molecule has 14 nitrogen and oxygen atoms in total. The Hall–Kier alpha value is -6.71. The Labute approximate surface area is 433 Å². The van der Waals surface area contributed by atoms with Gasteiger partial charge < -0.3 is 30.7 Å². The summed E-state index contributed by atoms with van der Waals surface area (Å²) < 4.78 is 47.8. The maximum absolute atomic E-state index is 16.1. The summed E-state index contributed by atoms with van der Waals surface area (Å²) in [5.74, 6) is 2.29. The summed E-state index contributed by atoms with van der Waals surface area (Å²) in [4.78, 5) is 71.6. The van der Waals surface area contributed by atoms with Crippen molar-refractivity contribution in [1.82, 2.24) is 34.9 Å². The highest BCUT2D eigenvalue weighted by Gasteiger charge is 2.44. The smallest absolute Gasteiger partial charge is 0.329 e. The number of fused-ring (bicyclic) bond motifs is 2. The van der Waals surface area contributed by atoms with Crippen molar-refractivity contribution in [2.24, 2.45) is 24.8 Å². The van der Waals surface area contributed by atoms with Crippen LogP contribution in [-0.4, -0.2) is 118 Å². The van der Waals surface area contributed by atoms with E-state index in [2.05, 4.69) is 38.0 Å². The van der Waals surface area contributed by atoms with Crippen LogP contribution < -0.4 is 31.9 Å². The first-order valence-corrected chi connectivity index (χ1v) is 26.3. The highest BCUT2D eigenvalue weighted by molar-refractivity contribution is 7.80. The molecule has 1 aromatic heterocycles. The maximum atomic E-state index is 16.1. The van der Waals surface area contributed by atoms with Crippen molar-refractivity contribution in [3.05, 3.63) is 106 Å². The van der Waals surface area contributed by atoms with E-state index < -0.39 is 48.6 Å². The number of piperidine rings is 4. The fraction of sp³-hybridized carbons (Fsp3) is 0.464. The minimum absolute atomic E-state index is 0.0809. The first kappa shape index (κ1) is 50.8. The molecule has 4 aromatic carbocycles. The molecule has 74 heavy (non-hydrogen) atoms. The molecule has 5 fully saturated rings. The lowest BCUT2D eigenvalue weighted by atomic mass is 9.90. The van der Waals surface area contributed by atoms with Gasteiger partial charge in [0.2, 0.25) is 17.7 Å². The number of hydrogen-bond donors (Lipinski definition) is 4. The molecule has 0 aliphatic carbocycles. The van der Waals surface area contributed by atoms with E-state index >= 15 is 4.39 Å². The highest BCUT2D eigenvalue weighted by Crippen LogP contribution is 2.34. The number of nitrogens with one attached hydrogen (secondary N) is 4. The average molecular weight is 1030 g/mol. The van der Waals surface area contributed by atoms with Gasteiger partial charge in [0.15, 0.2) is 6.17 Å². The van der Waals surface area contributed by atoms with Gasteiger partial charge in [-0.3, -0.25) is 33.6 Å². The minimum atomic E-state index is -2.90. The lowest BCUT2D eigenvalue weighted by molar-refractivity contribution is -0.138. The zero-order chi connectivity index (χ0) is 52.0. The predicted molar refractivity (Wildman–Crippen MR) is 283 cm³/mol. The summed E-state index contributed by atoms with van der Waals surface area (Å²) in [6.07, 6.45) is 2.64. The molecule has 5 aliphatic rings. The van der Waals surface area contributed by atoms with Crippen LogP contribution in [0.25, 0.3) is 21.8 Å². The van der Waals surface area contributed by atoms with E-state index in [9.17, 15) is 32.8 Å². The molecule has 4 amide bonds. The summed E-state index contributed by atoms with van der Waals surface area (Å²) in [7, 11) is 1.69. The third-order valence-electron chi connectivity index (χ3n) is 16.0. The molecule has 1 unspecified atom stereocenters. The Morgan fingerprint density at radius 1 is 0.892 bits per heavy atom. The number of aromatic nitrogens is 2. The molecule has 0 spiro atoms. The maximum Gasteiger partial charge on any atom is 0.329 e. The summed E-state index contributed by atoms with van der Waals surface area (Å²) in [6, 6.07) is 20.2. The lowest BCUT2D eigenvalue weighted by Gasteiger charge is -2.41. The van der Waals surface area contributed by atoms with Crippen LogP contribution in [0.4, 0.5) is 24.5 Å². The Morgan fingerprint density at radius 3 is 2.38 bits per heavy atom. The number of hydrogen-bond acceptors (Lipinski definition) is 9. The van der Waals surface area contributed by atoms with Gasteiger partial charge in [-0.05, 0) is 117 Å². The second-order valence-corrected chi connectivity index (χ2v) is 21.2. The van der Waals surface area contributed by atoms with Crippen molar-refractivity contribution >= 4 is 74.0 Å². The van der Waals surface area contributed by atoms with E-state index in [0.29, 0.717) is 80.8 Å². The van der Waals surface area contributed by atoms with Crippen LogP contribution in [0.15, 0.2) is 77.6 Å². The number of carbonyl (C=O) groups is 4. The fourth-order valence-electron chi connectivity index (χ4n) is 11.6. The first-order valence-electron chi connectivity index (χ1n) is 25.9. The third-order valence-corrected chi connectivity index (χ3v) is 16.5. The van der Waals surface area contributed by atoms with Crippen molar-refractivity contribution in [2.75, 3.05) is 62.6 Å². The second kappa shape index (κ2) is 20.9. The largest absolute Gasteiger partial charge is 0.375 e. The van der Waals surface area contributed by atoms with Gasteiger partial charge in [0.05, 0.1) is 29.5 Å². The number of imidazole rings is 1. The van der Waals surface area contributed by atoms with E-state index in [-0.39, 0.29) is 59.6 Å². The molecule has 0 bridgehead atoms. The van der Waals surface area contributed by atoms with Gasteiger partial charge in [-0.25, -0.2) is 18.0 Å². The van der Waals surface area contributed by atoms with Crippen LogP contribution in [0.5, 0.6) is 0 Å². The fourth-order valence-corrected chi connectivity index (χ4v) is 11.9. The van der Waals surface area contributed by atoms with Gasteiger partial charge in [-0.1, -0.05) is 60.5 Å². The number of benzene rings is 4. The van der Waals surface area contributed by atoms with Crippen molar-refractivity contribution in [1.29, 1.82) is 0 Å². The van der Waals surface area contributed by atoms with E-state index in [4.69, 9.17) is 12.2 Å². The first-order chi connectivity index (χ1) is 35.5. The molecule has 5 aliphatic heterocycles. The molecule has 5 saturated heterocycles. The minimum Gasteiger partial charge on any atom is -0.375 e. The van der Waals surface area contributed by atoms with E-state index in [1.807, 2.05) is 78.2 Å². The van der Waals surface area contributed by atoms with Crippen LogP contribution in [0.3, 0.4) is 0 Å². The van der Waals surface area contributed by atoms with Crippen LogP contribution in [0, 0.1) is 36.5 Å². The number of nitrogens with zero attached hydrogens (tertiary/aromatic N) is 5. The third kappa shape index (κ3) is 10.1. The van der Waals surface area contributed by atoms with Crippen molar-refractivity contribution in [3.63, 3.8) is 0 Å². The summed E-state index contributed by atoms with van der Waals surface area (Å²) >= 11 is 5.74. The Balaban J connectivity index is 0.701. The van der Waals surface area contributed by atoms with Crippen molar-refractivity contribution in [2.45, 2.75) is 89.0 Å². The number of aryl methyl sites for hydroxylation is 2. The number of halogens is 3. The lowest BCUT2D eigenvalue weighted by Crippen LogP contribution is -2.50. The number of anilines is 2. The van der Waals surface area contributed by atoms with E-state index in [1.54, 1.807) is 25.2 Å². The zero-order valence-electron chi connectivity index (χ0n) is 41.9. The topological polar surface area (TPSA) is 153 Å². The number of imide groups is 1. The molecular formula is C56H62F3N9O5S. The van der Waals surface area contributed by atoms with E-state index in [1.165, 1.54) is 9.13 Å². The zero-order valence-corrected chi connectivity index (χ0v) is 42.7. The van der Waals surface area contributed by atoms with Crippen molar-refractivity contribution in [3.8, 4) is 11.8 Å². The predicted octanol–water partition coefficient (Wildman–Crippen LogP) is 6.78. The second-order valence-electron chi connectivity index (χ2n) is 20.8. The quantitative estimate of drug-likeness (QED) is 0.0670. The summed E-state index contributed by atoms with van der Waals surface area (Å²) in [5, 5.41) is 12.8. The molecule has 10 rings (SSSR count). The molecule has 5 aromatic rings. The number of rotatable bonds is 10. The molecule has 5 atom stereocenters. The molecule has 18 heteroatoms. The Morgan fingerprint density at radius 2 is 1.65 bits per heavy atom. The number of likely N-dealkylation sites (tertiary alicyclic amines) is 2. The highest BCUT2D eigenvalue weighted by atomic mass is 32.1. The van der Waals surface area contributed by atoms with Gasteiger partial charge in [0, 0.05) is 87.7 Å². The normalized spacial score (nSPS) is 23.2. The SMILES string of the molecule is Cc1ccc(N[C@@H]2CNCC2(F)F)cc1C(=O)N[C@H](C)c1ccc(C#C[C@@H]2CCN(CC3CCN(C(=O)C4CCN(c5ccc6c(c5)n(C)c(=O)n6C5CCC(=O)NC5=O)CC4)CC3)C(=S)[C@@H]2F)c2ccccc12. The summed E-state index contributed by atoms with van der Waals surface area (Å²) in [5.41, 5.74) is 5.16. The van der Waals surface area contributed by atoms with Crippen molar-refractivity contribution < 1.29 is 32.3 Å². The van der Waals surface area contributed by atoms with Crippen LogP contribution in [0.1, 0.15) is 91.0 Å². The Bertz CT molecular complexity index is 3170. The number of alkyl halides is 3. The number of amides is 4. The molecule has 0 saturated carbocycles. The van der Waals surface area contributed by atoms with Crippen LogP contribution in [0.2, 0.25) is 0 Å². The molecule has 4 N–H and O–H groups in total. The van der Waals surface area contributed by atoms with Gasteiger partial charge in [0.1, 0.15) is 17.1 Å². The summed E-state index contributed by atoms with van der Waals surface area (Å²) in [6.45, 7) is 7.37. The average Bonchev–Trinajstić information content (AvgIpc) is 3.86. The van der Waals surface area contributed by atoms with Gasteiger partial charge in [-0.2, -0.15) is 0 Å².